The van der Waals surface area contributed by atoms with Gasteiger partial charge < -0.3 is 10.1 Å². The normalized spacial score (nSPS) is 13.6. The van der Waals surface area contributed by atoms with Crippen molar-refractivity contribution in [2.24, 2.45) is 0 Å². The third-order valence-corrected chi connectivity index (χ3v) is 6.78. The van der Waals surface area contributed by atoms with Crippen molar-refractivity contribution in [1.29, 1.82) is 0 Å². The van der Waals surface area contributed by atoms with Gasteiger partial charge in [0.25, 0.3) is 0 Å². The van der Waals surface area contributed by atoms with Crippen LogP contribution >= 0.6 is 11.6 Å². The fourth-order valence-corrected chi connectivity index (χ4v) is 4.67. The number of benzene rings is 2. The molecule has 0 bridgehead atoms. The Morgan fingerprint density at radius 3 is 2.30 bits per heavy atom. The van der Waals surface area contributed by atoms with Gasteiger partial charge in [-0.1, -0.05) is 23.7 Å². The monoisotopic (exact) mass is 452 g/mol. The Bertz CT molecular complexity index is 1040. The molecule has 2 rings (SSSR count). The van der Waals surface area contributed by atoms with Crippen LogP contribution in [0.4, 0.5) is 0 Å². The van der Waals surface area contributed by atoms with Gasteiger partial charge in [-0.05, 0) is 82.0 Å². The molecule has 164 valence electrons. The van der Waals surface area contributed by atoms with Gasteiger partial charge in [-0.15, -0.1) is 0 Å². The van der Waals surface area contributed by atoms with Crippen LogP contribution in [0, 0.1) is 20.8 Å². The Balaban J connectivity index is 2.11. The number of sulfonamides is 1. The highest BCUT2D eigenvalue weighted by atomic mass is 35.5. The van der Waals surface area contributed by atoms with Crippen LogP contribution in [0.25, 0.3) is 0 Å². The lowest BCUT2D eigenvalue weighted by Gasteiger charge is -2.21. The van der Waals surface area contributed by atoms with E-state index in [9.17, 15) is 13.2 Å². The highest BCUT2D eigenvalue weighted by Gasteiger charge is 2.24. The maximum Gasteiger partial charge on any atom is 0.241 e. The molecule has 0 unspecified atom stereocenters. The average molecular weight is 453 g/mol. The van der Waals surface area contributed by atoms with Gasteiger partial charge in [0.05, 0.1) is 28.6 Å². The number of halogens is 1. The molecule has 0 spiro atoms. The zero-order valence-electron chi connectivity index (χ0n) is 18.2. The second-order valence-electron chi connectivity index (χ2n) is 7.39. The van der Waals surface area contributed by atoms with E-state index >= 15 is 0 Å². The number of aryl methyl sites for hydroxylation is 3. The summed E-state index contributed by atoms with van der Waals surface area (Å²) < 4.78 is 33.1. The molecule has 0 aliphatic rings. The fraction of sp³-hybridized carbons (Fsp3) is 0.409. The molecule has 0 fully saturated rings. The number of nitrogens with one attached hydrogen (secondary N) is 2. The van der Waals surface area contributed by atoms with E-state index in [1.54, 1.807) is 0 Å². The minimum absolute atomic E-state index is 0.0337. The van der Waals surface area contributed by atoms with E-state index < -0.39 is 22.0 Å². The number of hydrogen-bond donors (Lipinski definition) is 2. The Morgan fingerprint density at radius 1 is 1.07 bits per heavy atom. The molecule has 30 heavy (non-hydrogen) atoms. The Morgan fingerprint density at radius 2 is 1.70 bits per heavy atom. The smallest absolute Gasteiger partial charge is 0.241 e. The first kappa shape index (κ1) is 24.2. The van der Waals surface area contributed by atoms with E-state index in [0.29, 0.717) is 12.4 Å². The summed E-state index contributed by atoms with van der Waals surface area (Å²) in [4.78, 5) is 12.6. The van der Waals surface area contributed by atoms with Gasteiger partial charge in [-0.2, -0.15) is 4.72 Å². The summed E-state index contributed by atoms with van der Waals surface area (Å²) in [6.45, 7) is 11.7. The third kappa shape index (κ3) is 5.74. The third-order valence-electron chi connectivity index (χ3n) is 4.95. The molecule has 2 atom stereocenters. The van der Waals surface area contributed by atoms with Crippen LogP contribution in [0.5, 0.6) is 5.75 Å². The number of hydrogen-bond acceptors (Lipinski definition) is 4. The molecule has 0 saturated heterocycles. The highest BCUT2D eigenvalue weighted by Crippen LogP contribution is 2.27. The summed E-state index contributed by atoms with van der Waals surface area (Å²) in [6, 6.07) is 7.10. The van der Waals surface area contributed by atoms with Crippen molar-refractivity contribution in [3.63, 3.8) is 0 Å². The lowest BCUT2D eigenvalue weighted by atomic mass is 9.96. The van der Waals surface area contributed by atoms with Crippen LogP contribution in [-0.4, -0.2) is 27.0 Å². The molecular weight excluding hydrogens is 424 g/mol. The van der Waals surface area contributed by atoms with E-state index in [-0.39, 0.29) is 16.0 Å². The SMILES string of the molecule is CCOc1ccc(S(=O)(=O)N[C@@H](C)C(=O)N[C@@H](C)c2cc(C)c(C)cc2C)cc1Cl. The van der Waals surface area contributed by atoms with Gasteiger partial charge in [-0.25, -0.2) is 8.42 Å². The first-order valence-electron chi connectivity index (χ1n) is 9.79. The molecule has 0 aliphatic carbocycles. The van der Waals surface area contributed by atoms with Gasteiger partial charge >= 0.3 is 0 Å². The van der Waals surface area contributed by atoms with Crippen LogP contribution in [0.3, 0.4) is 0 Å². The van der Waals surface area contributed by atoms with Gasteiger partial charge in [0.1, 0.15) is 5.75 Å². The van der Waals surface area contributed by atoms with Crippen molar-refractivity contribution >= 4 is 27.5 Å². The molecule has 1 amide bonds. The predicted octanol–water partition coefficient (Wildman–Crippen LogP) is 4.21. The molecule has 2 aromatic rings. The maximum absolute atomic E-state index is 12.7. The standard InChI is InChI=1S/C22H29ClN2O4S/c1-7-29-21-9-8-18(12-20(21)23)30(27,28)25-17(6)22(26)24-16(5)19-11-14(3)13(2)10-15(19)4/h8-12,16-17,25H,7H2,1-6H3,(H,24,26)/t16-,17-/m0/s1. The molecule has 6 nitrogen and oxygen atoms in total. The van der Waals surface area contributed by atoms with Crippen LogP contribution < -0.4 is 14.8 Å². The number of carbonyl (C=O) groups is 1. The molecular formula is C22H29ClN2O4S. The van der Waals surface area contributed by atoms with Crippen molar-refractivity contribution in [3.05, 3.63) is 57.6 Å². The molecule has 0 saturated carbocycles. The minimum Gasteiger partial charge on any atom is -0.492 e. The lowest BCUT2D eigenvalue weighted by Crippen LogP contribution is -2.45. The first-order valence-corrected chi connectivity index (χ1v) is 11.6. The van der Waals surface area contributed by atoms with E-state index in [4.69, 9.17) is 16.3 Å². The molecule has 0 radical (unpaired) electrons. The molecule has 2 aromatic carbocycles. The van der Waals surface area contributed by atoms with Crippen LogP contribution in [0.1, 0.15) is 49.1 Å². The predicted molar refractivity (Wildman–Crippen MR) is 120 cm³/mol. The Labute approximate surface area is 184 Å². The van der Waals surface area contributed by atoms with Crippen molar-refractivity contribution in [2.75, 3.05) is 6.61 Å². The molecule has 0 aromatic heterocycles. The number of carbonyl (C=O) groups excluding carboxylic acids is 1. The summed E-state index contributed by atoms with van der Waals surface area (Å²) in [6.07, 6.45) is 0. The second kappa shape index (κ2) is 9.81. The fourth-order valence-electron chi connectivity index (χ4n) is 3.14. The van der Waals surface area contributed by atoms with Gasteiger partial charge in [0, 0.05) is 0 Å². The average Bonchev–Trinajstić information content (AvgIpc) is 2.65. The topological polar surface area (TPSA) is 84.5 Å². The van der Waals surface area contributed by atoms with Crippen LogP contribution in [0.15, 0.2) is 35.2 Å². The lowest BCUT2D eigenvalue weighted by molar-refractivity contribution is -0.123. The van der Waals surface area contributed by atoms with Crippen molar-refractivity contribution in [1.82, 2.24) is 10.0 Å². The van der Waals surface area contributed by atoms with Gasteiger partial charge in [0.2, 0.25) is 15.9 Å². The van der Waals surface area contributed by atoms with Crippen molar-refractivity contribution in [2.45, 2.75) is 58.5 Å². The molecule has 8 heteroatoms. The molecule has 0 aliphatic heterocycles. The van der Waals surface area contributed by atoms with Gasteiger partial charge in [-0.3, -0.25) is 4.79 Å². The van der Waals surface area contributed by atoms with Crippen molar-refractivity contribution in [3.8, 4) is 5.75 Å². The number of ether oxygens (including phenoxy) is 1. The number of rotatable bonds is 8. The first-order chi connectivity index (χ1) is 14.0. The Kier molecular flexibility index (Phi) is 7.91. The van der Waals surface area contributed by atoms with E-state index in [1.807, 2.05) is 40.7 Å². The summed E-state index contributed by atoms with van der Waals surface area (Å²) in [7, 11) is -3.93. The quantitative estimate of drug-likeness (QED) is 0.628. The van der Waals surface area contributed by atoms with Crippen LogP contribution in [0.2, 0.25) is 5.02 Å². The molecule has 0 heterocycles. The highest BCUT2D eigenvalue weighted by molar-refractivity contribution is 7.89. The van der Waals surface area contributed by atoms with E-state index in [0.717, 1.165) is 16.7 Å². The summed E-state index contributed by atoms with van der Waals surface area (Å²) in [5.41, 5.74) is 4.39. The van der Waals surface area contributed by atoms with Crippen LogP contribution in [-0.2, 0) is 14.8 Å². The maximum atomic E-state index is 12.7. The summed E-state index contributed by atoms with van der Waals surface area (Å²) in [5, 5.41) is 3.07. The zero-order valence-corrected chi connectivity index (χ0v) is 19.7. The second-order valence-corrected chi connectivity index (χ2v) is 9.51. The minimum atomic E-state index is -3.93. The summed E-state index contributed by atoms with van der Waals surface area (Å²) >= 11 is 6.09. The van der Waals surface area contributed by atoms with E-state index in [2.05, 4.69) is 16.1 Å². The Hall–Kier alpha value is -2.09. The summed E-state index contributed by atoms with van der Waals surface area (Å²) in [5.74, 6) is -0.0118. The van der Waals surface area contributed by atoms with Gasteiger partial charge in [0.15, 0.2) is 0 Å². The zero-order chi connectivity index (χ0) is 22.6. The largest absolute Gasteiger partial charge is 0.492 e. The van der Waals surface area contributed by atoms with Crippen molar-refractivity contribution < 1.29 is 17.9 Å². The molecule has 2 N–H and O–H groups in total. The van der Waals surface area contributed by atoms with E-state index in [1.165, 1.54) is 30.7 Å². The number of amides is 1.